The first kappa shape index (κ1) is 16.9. The van der Waals surface area contributed by atoms with Crippen molar-refractivity contribution in [3.8, 4) is 0 Å². The molecule has 2 heterocycles. The van der Waals surface area contributed by atoms with Gasteiger partial charge in [-0.3, -0.25) is 14.3 Å². The summed E-state index contributed by atoms with van der Waals surface area (Å²) in [6, 6.07) is 8.55. The summed E-state index contributed by atoms with van der Waals surface area (Å²) in [6.45, 7) is 0.00894. The van der Waals surface area contributed by atoms with Gasteiger partial charge in [-0.05, 0) is 34.7 Å². The molecule has 0 radical (unpaired) electrons. The first-order chi connectivity index (χ1) is 11.5. The van der Waals surface area contributed by atoms with Gasteiger partial charge in [-0.15, -0.1) is 0 Å². The zero-order chi connectivity index (χ0) is 17.1. The van der Waals surface area contributed by atoms with Crippen LogP contribution < -0.4 is 11.2 Å². The molecular formula is C15H13IN2O6. The first-order valence-electron chi connectivity index (χ1n) is 7.05. The molecule has 24 heavy (non-hydrogen) atoms. The van der Waals surface area contributed by atoms with Gasteiger partial charge in [0, 0.05) is 6.20 Å². The van der Waals surface area contributed by atoms with Crippen LogP contribution in [-0.4, -0.2) is 35.0 Å². The Labute approximate surface area is 149 Å². The van der Waals surface area contributed by atoms with Crippen LogP contribution in [0.2, 0.25) is 0 Å². The summed E-state index contributed by atoms with van der Waals surface area (Å²) in [5.74, 6) is -0.484. The van der Waals surface area contributed by atoms with Crippen molar-refractivity contribution in [1.29, 1.82) is 0 Å². The van der Waals surface area contributed by atoms with Crippen molar-refractivity contribution in [2.45, 2.75) is 12.5 Å². The Morgan fingerprint density at radius 3 is 2.83 bits per heavy atom. The molecule has 2 unspecified atom stereocenters. The van der Waals surface area contributed by atoms with E-state index in [0.717, 1.165) is 0 Å². The van der Waals surface area contributed by atoms with Crippen LogP contribution in [0.5, 0.6) is 0 Å². The highest BCUT2D eigenvalue weighted by atomic mass is 127. The quantitative estimate of drug-likeness (QED) is 0.555. The van der Waals surface area contributed by atoms with Crippen LogP contribution in [0.15, 0.2) is 46.1 Å². The van der Waals surface area contributed by atoms with Gasteiger partial charge in [0.05, 0.1) is 15.7 Å². The number of hydrogen-bond acceptors (Lipinski definition) is 6. The summed E-state index contributed by atoms with van der Waals surface area (Å²) < 4.78 is 17.7. The van der Waals surface area contributed by atoms with E-state index < -0.39 is 29.7 Å². The van der Waals surface area contributed by atoms with Gasteiger partial charge in [0.25, 0.3) is 5.56 Å². The van der Waals surface area contributed by atoms with Gasteiger partial charge in [-0.1, -0.05) is 18.2 Å². The lowest BCUT2D eigenvalue weighted by Crippen LogP contribution is -2.34. The van der Waals surface area contributed by atoms with E-state index in [1.165, 1.54) is 10.8 Å². The Morgan fingerprint density at radius 2 is 2.08 bits per heavy atom. The number of halogens is 1. The number of benzene rings is 1. The van der Waals surface area contributed by atoms with Gasteiger partial charge in [-0.25, -0.2) is 9.59 Å². The van der Waals surface area contributed by atoms with Crippen molar-refractivity contribution >= 4 is 28.6 Å². The third-order valence-electron chi connectivity index (χ3n) is 3.33. The summed E-state index contributed by atoms with van der Waals surface area (Å²) in [5, 5.41) is 0. The molecule has 8 nitrogen and oxygen atoms in total. The summed E-state index contributed by atoms with van der Waals surface area (Å²) in [7, 11) is 0. The van der Waals surface area contributed by atoms with E-state index >= 15 is 0 Å². The Kier molecular flexibility index (Phi) is 5.11. The molecule has 0 spiro atoms. The molecule has 1 aliphatic heterocycles. The molecule has 2 atom stereocenters. The molecule has 1 aromatic heterocycles. The van der Waals surface area contributed by atoms with Crippen molar-refractivity contribution in [2.24, 2.45) is 0 Å². The molecule has 0 amide bonds. The topological polar surface area (TPSA) is 99.6 Å². The van der Waals surface area contributed by atoms with Crippen molar-refractivity contribution in [1.82, 2.24) is 9.55 Å². The van der Waals surface area contributed by atoms with Crippen molar-refractivity contribution in [2.75, 3.05) is 13.2 Å². The van der Waals surface area contributed by atoms with Gasteiger partial charge >= 0.3 is 11.7 Å². The van der Waals surface area contributed by atoms with Crippen molar-refractivity contribution < 1.29 is 19.0 Å². The number of esters is 1. The van der Waals surface area contributed by atoms with Crippen LogP contribution in [0.25, 0.3) is 0 Å². The van der Waals surface area contributed by atoms with Gasteiger partial charge in [0.15, 0.2) is 12.5 Å². The Hall–Kier alpha value is -1.98. The molecule has 0 bridgehead atoms. The molecule has 0 aliphatic carbocycles. The molecule has 1 fully saturated rings. The monoisotopic (exact) mass is 444 g/mol. The number of aromatic nitrogens is 2. The zero-order valence-electron chi connectivity index (χ0n) is 12.3. The highest BCUT2D eigenvalue weighted by Gasteiger charge is 2.29. The number of hydrogen-bond donors (Lipinski definition) is 1. The number of carbonyl (C=O) groups is 1. The molecule has 1 N–H and O–H groups in total. The lowest BCUT2D eigenvalue weighted by atomic mass is 10.2. The third-order valence-corrected chi connectivity index (χ3v) is 4.10. The maximum Gasteiger partial charge on any atom is 0.338 e. The molecular weight excluding hydrogens is 431 g/mol. The van der Waals surface area contributed by atoms with E-state index in [0.29, 0.717) is 9.13 Å². The minimum Gasteiger partial charge on any atom is -0.457 e. The molecule has 1 saturated heterocycles. The first-order valence-corrected chi connectivity index (χ1v) is 8.12. The predicted molar refractivity (Wildman–Crippen MR) is 90.6 cm³/mol. The number of carbonyl (C=O) groups excluding carboxylic acids is 1. The van der Waals surface area contributed by atoms with Gasteiger partial charge in [0.2, 0.25) is 0 Å². The molecule has 9 heteroatoms. The predicted octanol–water partition coefficient (Wildman–Crippen LogP) is 0.870. The minimum atomic E-state index is -0.779. The fourth-order valence-electron chi connectivity index (χ4n) is 2.15. The second-order valence-corrected chi connectivity index (χ2v) is 6.12. The van der Waals surface area contributed by atoms with Gasteiger partial charge < -0.3 is 14.2 Å². The van der Waals surface area contributed by atoms with Crippen LogP contribution in [0.3, 0.4) is 0 Å². The Balaban J connectivity index is 1.60. The average Bonchev–Trinajstić information content (AvgIpc) is 3.05. The summed E-state index contributed by atoms with van der Waals surface area (Å²) in [4.78, 5) is 37.3. The van der Waals surface area contributed by atoms with E-state index in [2.05, 4.69) is 4.98 Å². The van der Waals surface area contributed by atoms with Crippen LogP contribution in [0, 0.1) is 3.57 Å². The molecule has 0 saturated carbocycles. The number of nitrogens with zero attached hydrogens (tertiary/aromatic N) is 1. The standard InChI is InChI=1S/C15H13IN2O6/c16-10-6-18(15(21)17-13(10)19)11-7-22-12(24-11)8-23-14(20)9-4-2-1-3-5-9/h1-6,11-12H,7-8H2,(H,17,19,21). The molecule has 3 rings (SSSR count). The minimum absolute atomic E-state index is 0.0978. The van der Waals surface area contributed by atoms with Crippen molar-refractivity contribution in [3.05, 3.63) is 66.5 Å². The lowest BCUT2D eigenvalue weighted by molar-refractivity contribution is -0.103. The number of aromatic amines is 1. The second kappa shape index (κ2) is 7.28. The number of ether oxygens (including phenoxy) is 3. The van der Waals surface area contributed by atoms with Crippen LogP contribution >= 0.6 is 22.6 Å². The fraction of sp³-hybridized carbons (Fsp3) is 0.267. The normalized spacial score (nSPS) is 20.0. The zero-order valence-corrected chi connectivity index (χ0v) is 14.5. The second-order valence-electron chi connectivity index (χ2n) is 4.96. The number of nitrogens with one attached hydrogen (secondary N) is 1. The number of H-pyrrole nitrogens is 1. The van der Waals surface area contributed by atoms with Crippen molar-refractivity contribution in [3.63, 3.8) is 0 Å². The van der Waals surface area contributed by atoms with E-state index in [9.17, 15) is 14.4 Å². The summed E-state index contributed by atoms with van der Waals surface area (Å²) >= 11 is 1.82. The van der Waals surface area contributed by atoms with Crippen LogP contribution in [0.4, 0.5) is 0 Å². The number of rotatable bonds is 4. The van der Waals surface area contributed by atoms with Gasteiger partial charge in [0.1, 0.15) is 6.61 Å². The highest BCUT2D eigenvalue weighted by Crippen LogP contribution is 2.20. The molecule has 126 valence electrons. The third kappa shape index (κ3) is 3.74. The van der Waals surface area contributed by atoms with E-state index in [1.807, 2.05) is 22.6 Å². The molecule has 2 aromatic rings. The van der Waals surface area contributed by atoms with E-state index in [-0.39, 0.29) is 13.2 Å². The highest BCUT2D eigenvalue weighted by molar-refractivity contribution is 14.1. The van der Waals surface area contributed by atoms with Crippen LogP contribution in [-0.2, 0) is 14.2 Å². The van der Waals surface area contributed by atoms with E-state index in [4.69, 9.17) is 14.2 Å². The van der Waals surface area contributed by atoms with Crippen LogP contribution in [0.1, 0.15) is 16.6 Å². The van der Waals surface area contributed by atoms with E-state index in [1.54, 1.807) is 30.3 Å². The van der Waals surface area contributed by atoms with Gasteiger partial charge in [-0.2, -0.15) is 0 Å². The maximum absolute atomic E-state index is 11.9. The smallest absolute Gasteiger partial charge is 0.338 e. The molecule has 1 aromatic carbocycles. The average molecular weight is 444 g/mol. The Morgan fingerprint density at radius 1 is 1.33 bits per heavy atom. The Bertz CT molecular complexity index is 847. The molecule has 1 aliphatic rings. The maximum atomic E-state index is 11.9. The lowest BCUT2D eigenvalue weighted by Gasteiger charge is -2.13. The summed E-state index contributed by atoms with van der Waals surface area (Å²) in [5.41, 5.74) is -0.612. The fourth-order valence-corrected chi connectivity index (χ4v) is 2.59. The summed E-state index contributed by atoms with van der Waals surface area (Å²) in [6.07, 6.45) is -0.0730. The largest absolute Gasteiger partial charge is 0.457 e. The SMILES string of the molecule is O=C(OCC1OCC(n2cc(I)c(=O)[nH]c2=O)O1)c1ccccc1.